The molecule has 1 aromatic carbocycles. The molecule has 20 heavy (non-hydrogen) atoms. The zero-order valence-electron chi connectivity index (χ0n) is 12.0. The SMILES string of the molecule is CCc1nn(C)cc1CNC1CCc2cc(Br)ccc21. The second-order valence-corrected chi connectivity index (χ2v) is 6.36. The summed E-state index contributed by atoms with van der Waals surface area (Å²) >= 11 is 3.55. The van der Waals surface area contributed by atoms with Gasteiger partial charge in [-0.25, -0.2) is 0 Å². The first kappa shape index (κ1) is 13.8. The Kier molecular flexibility index (Phi) is 3.94. The van der Waals surface area contributed by atoms with Crippen LogP contribution in [0, 0.1) is 0 Å². The van der Waals surface area contributed by atoms with E-state index >= 15 is 0 Å². The predicted octanol–water partition coefficient (Wildman–Crippen LogP) is 3.52. The lowest BCUT2D eigenvalue weighted by Crippen LogP contribution is -2.19. The van der Waals surface area contributed by atoms with Gasteiger partial charge in [-0.05, 0) is 42.5 Å². The average Bonchev–Trinajstić information content (AvgIpc) is 2.99. The highest BCUT2D eigenvalue weighted by Crippen LogP contribution is 2.33. The Bertz CT molecular complexity index is 618. The molecule has 2 aromatic rings. The maximum Gasteiger partial charge on any atom is 0.0666 e. The van der Waals surface area contributed by atoms with Crippen molar-refractivity contribution in [3.8, 4) is 0 Å². The van der Waals surface area contributed by atoms with Crippen LogP contribution in [-0.4, -0.2) is 9.78 Å². The minimum absolute atomic E-state index is 0.475. The number of aryl methyl sites for hydroxylation is 3. The molecule has 1 heterocycles. The van der Waals surface area contributed by atoms with E-state index in [2.05, 4.69) is 57.7 Å². The van der Waals surface area contributed by atoms with Crippen molar-refractivity contribution in [1.82, 2.24) is 15.1 Å². The molecule has 1 unspecified atom stereocenters. The van der Waals surface area contributed by atoms with Gasteiger partial charge >= 0.3 is 0 Å². The highest BCUT2D eigenvalue weighted by Gasteiger charge is 2.22. The van der Waals surface area contributed by atoms with Gasteiger partial charge in [0, 0.05) is 35.9 Å². The number of fused-ring (bicyclic) bond motifs is 1. The van der Waals surface area contributed by atoms with E-state index in [1.807, 2.05) is 11.7 Å². The van der Waals surface area contributed by atoms with E-state index in [9.17, 15) is 0 Å². The van der Waals surface area contributed by atoms with Crippen LogP contribution >= 0.6 is 15.9 Å². The Morgan fingerprint density at radius 1 is 1.45 bits per heavy atom. The van der Waals surface area contributed by atoms with E-state index in [1.165, 1.54) is 39.7 Å². The van der Waals surface area contributed by atoms with Crippen LogP contribution in [0.3, 0.4) is 0 Å². The third-order valence-corrected chi connectivity index (χ3v) is 4.54. The van der Waals surface area contributed by atoms with Crippen LogP contribution in [0.4, 0.5) is 0 Å². The van der Waals surface area contributed by atoms with Gasteiger partial charge in [0.1, 0.15) is 0 Å². The maximum absolute atomic E-state index is 4.50. The minimum atomic E-state index is 0.475. The van der Waals surface area contributed by atoms with Gasteiger partial charge in [0.25, 0.3) is 0 Å². The van der Waals surface area contributed by atoms with Gasteiger partial charge in [-0.1, -0.05) is 28.9 Å². The van der Waals surface area contributed by atoms with E-state index in [1.54, 1.807) is 0 Å². The standard InChI is InChI=1S/C16H20BrN3/c1-3-15-12(10-20(2)19-15)9-18-16-7-4-11-8-13(17)5-6-14(11)16/h5-6,8,10,16,18H,3-4,7,9H2,1-2H3. The summed E-state index contributed by atoms with van der Waals surface area (Å²) in [6.45, 7) is 3.06. The molecule has 106 valence electrons. The van der Waals surface area contributed by atoms with Crippen LogP contribution in [0.25, 0.3) is 0 Å². The highest BCUT2D eigenvalue weighted by molar-refractivity contribution is 9.10. The number of nitrogens with zero attached hydrogens (tertiary/aromatic N) is 2. The molecule has 0 radical (unpaired) electrons. The summed E-state index contributed by atoms with van der Waals surface area (Å²) in [7, 11) is 1.99. The molecule has 1 atom stereocenters. The van der Waals surface area contributed by atoms with Crippen LogP contribution in [0.5, 0.6) is 0 Å². The fourth-order valence-corrected chi connectivity index (χ4v) is 3.47. The lowest BCUT2D eigenvalue weighted by molar-refractivity contribution is 0.528. The molecule has 0 aliphatic heterocycles. The summed E-state index contributed by atoms with van der Waals surface area (Å²) in [4.78, 5) is 0. The molecule has 0 saturated heterocycles. The highest BCUT2D eigenvalue weighted by atomic mass is 79.9. The van der Waals surface area contributed by atoms with Crippen LogP contribution in [0.2, 0.25) is 0 Å². The third kappa shape index (κ3) is 2.67. The van der Waals surface area contributed by atoms with Crippen molar-refractivity contribution in [2.24, 2.45) is 7.05 Å². The summed E-state index contributed by atoms with van der Waals surface area (Å²) in [6.07, 6.45) is 5.48. The molecule has 1 N–H and O–H groups in total. The molecule has 1 aliphatic rings. The van der Waals surface area contributed by atoms with E-state index in [4.69, 9.17) is 0 Å². The number of aromatic nitrogens is 2. The Morgan fingerprint density at radius 2 is 2.30 bits per heavy atom. The number of hydrogen-bond donors (Lipinski definition) is 1. The summed E-state index contributed by atoms with van der Waals surface area (Å²) in [5, 5.41) is 8.19. The number of rotatable bonds is 4. The van der Waals surface area contributed by atoms with E-state index in [0.29, 0.717) is 6.04 Å². The van der Waals surface area contributed by atoms with E-state index in [0.717, 1.165) is 13.0 Å². The van der Waals surface area contributed by atoms with Crippen LogP contribution in [0.15, 0.2) is 28.9 Å². The Balaban J connectivity index is 1.71. The monoisotopic (exact) mass is 333 g/mol. The first-order chi connectivity index (χ1) is 9.67. The molecule has 0 spiro atoms. The molecule has 3 rings (SSSR count). The van der Waals surface area contributed by atoms with E-state index in [-0.39, 0.29) is 0 Å². The number of benzene rings is 1. The van der Waals surface area contributed by atoms with Gasteiger partial charge in [-0.15, -0.1) is 0 Å². The van der Waals surface area contributed by atoms with Gasteiger partial charge in [0.2, 0.25) is 0 Å². The maximum atomic E-state index is 4.50. The average molecular weight is 334 g/mol. The summed E-state index contributed by atoms with van der Waals surface area (Å²) < 4.78 is 3.09. The van der Waals surface area contributed by atoms with Crippen molar-refractivity contribution in [2.75, 3.05) is 0 Å². The van der Waals surface area contributed by atoms with Gasteiger partial charge < -0.3 is 5.32 Å². The number of hydrogen-bond acceptors (Lipinski definition) is 2. The third-order valence-electron chi connectivity index (χ3n) is 4.05. The normalized spacial score (nSPS) is 17.4. The van der Waals surface area contributed by atoms with Crippen LogP contribution in [0.1, 0.15) is 41.8 Å². The smallest absolute Gasteiger partial charge is 0.0666 e. The molecular formula is C16H20BrN3. The zero-order valence-corrected chi connectivity index (χ0v) is 13.6. The quantitative estimate of drug-likeness (QED) is 0.927. The van der Waals surface area contributed by atoms with Gasteiger partial charge in [0.05, 0.1) is 5.69 Å². The summed E-state index contributed by atoms with van der Waals surface area (Å²) in [5.41, 5.74) is 5.45. The molecule has 0 bridgehead atoms. The summed E-state index contributed by atoms with van der Waals surface area (Å²) in [5.74, 6) is 0. The van der Waals surface area contributed by atoms with Crippen molar-refractivity contribution < 1.29 is 0 Å². The molecule has 3 nitrogen and oxygen atoms in total. The number of nitrogens with one attached hydrogen (secondary N) is 1. The zero-order chi connectivity index (χ0) is 14.1. The lowest BCUT2D eigenvalue weighted by atomic mass is 10.1. The molecule has 0 fully saturated rings. The van der Waals surface area contributed by atoms with Crippen LogP contribution < -0.4 is 5.32 Å². The van der Waals surface area contributed by atoms with Crippen molar-refractivity contribution in [2.45, 2.75) is 38.8 Å². The van der Waals surface area contributed by atoms with Gasteiger partial charge in [-0.3, -0.25) is 4.68 Å². The van der Waals surface area contributed by atoms with E-state index < -0.39 is 0 Å². The predicted molar refractivity (Wildman–Crippen MR) is 84.6 cm³/mol. The van der Waals surface area contributed by atoms with Crippen molar-refractivity contribution >= 4 is 15.9 Å². The van der Waals surface area contributed by atoms with Crippen molar-refractivity contribution in [3.63, 3.8) is 0 Å². The fourth-order valence-electron chi connectivity index (χ4n) is 3.06. The molecule has 1 aliphatic carbocycles. The van der Waals surface area contributed by atoms with Gasteiger partial charge in [-0.2, -0.15) is 5.10 Å². The van der Waals surface area contributed by atoms with Crippen molar-refractivity contribution in [1.29, 1.82) is 0 Å². The fraction of sp³-hybridized carbons (Fsp3) is 0.438. The molecular weight excluding hydrogens is 314 g/mol. The second-order valence-electron chi connectivity index (χ2n) is 5.44. The largest absolute Gasteiger partial charge is 0.306 e. The first-order valence-electron chi connectivity index (χ1n) is 7.20. The molecule has 1 aromatic heterocycles. The topological polar surface area (TPSA) is 29.9 Å². The first-order valence-corrected chi connectivity index (χ1v) is 7.99. The molecule has 0 amide bonds. The Labute approximate surface area is 128 Å². The van der Waals surface area contributed by atoms with Crippen molar-refractivity contribution in [3.05, 3.63) is 51.3 Å². The molecule has 0 saturated carbocycles. The van der Waals surface area contributed by atoms with Crippen LogP contribution in [-0.2, 0) is 26.4 Å². The summed E-state index contributed by atoms with van der Waals surface area (Å²) in [6, 6.07) is 7.11. The second kappa shape index (κ2) is 5.70. The Hall–Kier alpha value is -1.13. The molecule has 4 heteroatoms. The minimum Gasteiger partial charge on any atom is -0.306 e. The van der Waals surface area contributed by atoms with Gasteiger partial charge in [0.15, 0.2) is 0 Å². The lowest BCUT2D eigenvalue weighted by Gasteiger charge is -2.14. The number of halogens is 1. The Morgan fingerprint density at radius 3 is 3.10 bits per heavy atom.